The van der Waals surface area contributed by atoms with Gasteiger partial charge in [0.1, 0.15) is 12.0 Å². The Balaban J connectivity index is 2.31. The molecule has 1 aromatic carbocycles. The van der Waals surface area contributed by atoms with Gasteiger partial charge in [0.2, 0.25) is 5.91 Å². The number of nitrogens with zero attached hydrogens (tertiary/aromatic N) is 1. The van der Waals surface area contributed by atoms with Crippen molar-refractivity contribution in [3.63, 3.8) is 0 Å². The summed E-state index contributed by atoms with van der Waals surface area (Å²) >= 11 is 1.71. The highest BCUT2D eigenvalue weighted by Gasteiger charge is 2.40. The Labute approximate surface area is 123 Å². The maximum Gasteiger partial charge on any atom is 0.241 e. The molecule has 1 N–H and O–H groups in total. The maximum absolute atomic E-state index is 13.4. The number of thioether (sulfide) groups is 1. The van der Waals surface area contributed by atoms with E-state index in [2.05, 4.69) is 5.32 Å². The molecular weight excluding hydrogens is 275 g/mol. The Morgan fingerprint density at radius 1 is 1.50 bits per heavy atom. The summed E-state index contributed by atoms with van der Waals surface area (Å²) < 4.78 is 13.4. The van der Waals surface area contributed by atoms with Gasteiger partial charge in [-0.3, -0.25) is 10.1 Å². The largest absolute Gasteiger partial charge is 0.318 e. The van der Waals surface area contributed by atoms with Crippen LogP contribution in [0.4, 0.5) is 4.39 Å². The normalized spacial score (nSPS) is 24.2. The molecule has 0 spiro atoms. The molecule has 1 fully saturated rings. The van der Waals surface area contributed by atoms with Crippen molar-refractivity contribution < 1.29 is 9.18 Å². The van der Waals surface area contributed by atoms with Crippen LogP contribution in [-0.2, 0) is 4.79 Å². The van der Waals surface area contributed by atoms with Gasteiger partial charge < -0.3 is 4.90 Å². The minimum absolute atomic E-state index is 0.114. The van der Waals surface area contributed by atoms with Crippen molar-refractivity contribution >= 4 is 17.7 Å². The zero-order valence-electron chi connectivity index (χ0n) is 12.1. The Morgan fingerprint density at radius 2 is 2.25 bits per heavy atom. The van der Waals surface area contributed by atoms with E-state index >= 15 is 0 Å². The molecular formula is C15H21FN2OS. The fraction of sp³-hybridized carbons (Fsp3) is 0.533. The van der Waals surface area contributed by atoms with Crippen LogP contribution in [0, 0.1) is 5.82 Å². The van der Waals surface area contributed by atoms with Gasteiger partial charge in [0, 0.05) is 11.8 Å². The van der Waals surface area contributed by atoms with Crippen molar-refractivity contribution in [3.8, 4) is 0 Å². The fourth-order valence-corrected chi connectivity index (χ4v) is 3.31. The number of rotatable bonds is 5. The lowest BCUT2D eigenvalue weighted by atomic mass is 10.1. The van der Waals surface area contributed by atoms with Crippen molar-refractivity contribution in [2.75, 3.05) is 12.0 Å². The highest BCUT2D eigenvalue weighted by Crippen LogP contribution is 2.29. The van der Waals surface area contributed by atoms with Gasteiger partial charge in [0.15, 0.2) is 0 Å². The van der Waals surface area contributed by atoms with Crippen LogP contribution in [0.1, 0.15) is 32.0 Å². The molecule has 1 aliphatic heterocycles. The van der Waals surface area contributed by atoms with Crippen LogP contribution in [-0.4, -0.2) is 34.9 Å². The summed E-state index contributed by atoms with van der Waals surface area (Å²) in [6.45, 7) is 4.03. The average molecular weight is 296 g/mol. The molecule has 2 rings (SSSR count). The summed E-state index contributed by atoms with van der Waals surface area (Å²) in [7, 11) is 0. The van der Waals surface area contributed by atoms with E-state index in [9.17, 15) is 9.18 Å². The van der Waals surface area contributed by atoms with E-state index in [4.69, 9.17) is 0 Å². The van der Waals surface area contributed by atoms with Gasteiger partial charge in [-0.25, -0.2) is 4.39 Å². The first-order valence-corrected chi connectivity index (χ1v) is 8.30. The molecule has 0 saturated carbocycles. The Morgan fingerprint density at radius 3 is 2.85 bits per heavy atom. The summed E-state index contributed by atoms with van der Waals surface area (Å²) in [5.74, 6) is 0.716. The fourth-order valence-electron chi connectivity index (χ4n) is 2.67. The third-order valence-electron chi connectivity index (χ3n) is 3.65. The third kappa shape index (κ3) is 2.99. The molecule has 1 saturated heterocycles. The Kier molecular flexibility index (Phi) is 5.05. The molecule has 110 valence electrons. The van der Waals surface area contributed by atoms with Crippen molar-refractivity contribution in [2.45, 2.75) is 38.5 Å². The van der Waals surface area contributed by atoms with Crippen LogP contribution in [0.3, 0.4) is 0 Å². The highest BCUT2D eigenvalue weighted by molar-refractivity contribution is 7.98. The number of hydrogen-bond acceptors (Lipinski definition) is 3. The number of carbonyl (C=O) groups excluding carboxylic acids is 1. The van der Waals surface area contributed by atoms with Gasteiger partial charge in [-0.05, 0) is 37.3 Å². The van der Waals surface area contributed by atoms with Gasteiger partial charge in [-0.15, -0.1) is 0 Å². The molecule has 0 radical (unpaired) electrons. The SMILES string of the molecule is CCC1NC(c2cccc(F)c2)N(C(C)CSC)C1=O. The lowest BCUT2D eigenvalue weighted by Gasteiger charge is -2.30. The average Bonchev–Trinajstić information content (AvgIpc) is 2.76. The van der Waals surface area contributed by atoms with E-state index in [-0.39, 0.29) is 30.0 Å². The van der Waals surface area contributed by atoms with Crippen LogP contribution in [0.2, 0.25) is 0 Å². The molecule has 20 heavy (non-hydrogen) atoms. The van der Waals surface area contributed by atoms with Crippen LogP contribution >= 0.6 is 11.8 Å². The number of benzene rings is 1. The third-order valence-corrected chi connectivity index (χ3v) is 4.46. The molecule has 1 heterocycles. The molecule has 3 unspecified atom stereocenters. The first-order chi connectivity index (χ1) is 9.58. The van der Waals surface area contributed by atoms with Crippen LogP contribution in [0.15, 0.2) is 24.3 Å². The molecule has 1 amide bonds. The van der Waals surface area contributed by atoms with E-state index in [1.54, 1.807) is 17.8 Å². The second-order valence-corrected chi connectivity index (χ2v) is 6.05. The van der Waals surface area contributed by atoms with E-state index in [1.807, 2.05) is 31.1 Å². The van der Waals surface area contributed by atoms with E-state index in [0.29, 0.717) is 0 Å². The number of halogens is 1. The quantitative estimate of drug-likeness (QED) is 0.907. The minimum Gasteiger partial charge on any atom is -0.318 e. The topological polar surface area (TPSA) is 32.3 Å². The predicted molar refractivity (Wildman–Crippen MR) is 81.0 cm³/mol. The molecule has 1 aromatic rings. The van der Waals surface area contributed by atoms with Gasteiger partial charge in [0.05, 0.1) is 6.04 Å². The standard InChI is InChI=1S/C15H21FN2OS/c1-4-13-15(19)18(10(2)9-20-3)14(17-13)11-6-5-7-12(16)8-11/h5-8,10,13-14,17H,4,9H2,1-3H3. The minimum atomic E-state index is -0.269. The van der Waals surface area contributed by atoms with Crippen molar-refractivity contribution in [3.05, 3.63) is 35.6 Å². The number of nitrogens with one attached hydrogen (secondary N) is 1. The Bertz CT molecular complexity index is 483. The first-order valence-electron chi connectivity index (χ1n) is 6.91. The summed E-state index contributed by atoms with van der Waals surface area (Å²) in [5, 5.41) is 3.32. The van der Waals surface area contributed by atoms with Crippen molar-refractivity contribution in [1.29, 1.82) is 0 Å². The van der Waals surface area contributed by atoms with Gasteiger partial charge >= 0.3 is 0 Å². The van der Waals surface area contributed by atoms with Crippen molar-refractivity contribution in [1.82, 2.24) is 10.2 Å². The van der Waals surface area contributed by atoms with Crippen LogP contribution < -0.4 is 5.32 Å². The summed E-state index contributed by atoms with van der Waals surface area (Å²) in [4.78, 5) is 14.3. The highest BCUT2D eigenvalue weighted by atomic mass is 32.2. The molecule has 3 nitrogen and oxygen atoms in total. The molecule has 0 aromatic heterocycles. The van der Waals surface area contributed by atoms with Gasteiger partial charge in [0.25, 0.3) is 0 Å². The molecule has 0 aliphatic carbocycles. The lowest BCUT2D eigenvalue weighted by molar-refractivity contribution is -0.131. The summed E-state index contributed by atoms with van der Waals surface area (Å²) in [5.41, 5.74) is 0.808. The number of amides is 1. The molecule has 1 aliphatic rings. The van der Waals surface area contributed by atoms with Crippen LogP contribution in [0.5, 0.6) is 0 Å². The molecule has 5 heteroatoms. The molecule has 0 bridgehead atoms. The van der Waals surface area contributed by atoms with Gasteiger partial charge in [-0.1, -0.05) is 19.1 Å². The second-order valence-electron chi connectivity index (χ2n) is 5.13. The lowest BCUT2D eigenvalue weighted by Crippen LogP contribution is -2.39. The van der Waals surface area contributed by atoms with E-state index in [1.165, 1.54) is 12.1 Å². The predicted octanol–water partition coefficient (Wildman–Crippen LogP) is 2.79. The maximum atomic E-state index is 13.4. The zero-order chi connectivity index (χ0) is 14.7. The van der Waals surface area contributed by atoms with Gasteiger partial charge in [-0.2, -0.15) is 11.8 Å². The van der Waals surface area contributed by atoms with Crippen LogP contribution in [0.25, 0.3) is 0 Å². The van der Waals surface area contributed by atoms with Crippen molar-refractivity contribution in [2.24, 2.45) is 0 Å². The monoisotopic (exact) mass is 296 g/mol. The Hall–Kier alpha value is -1.07. The summed E-state index contributed by atoms with van der Waals surface area (Å²) in [6.07, 6.45) is 2.54. The van der Waals surface area contributed by atoms with E-state index < -0.39 is 0 Å². The first kappa shape index (κ1) is 15.3. The zero-order valence-corrected chi connectivity index (χ0v) is 12.9. The smallest absolute Gasteiger partial charge is 0.241 e. The molecule has 3 atom stereocenters. The summed E-state index contributed by atoms with van der Waals surface area (Å²) in [6, 6.07) is 6.43. The second kappa shape index (κ2) is 6.59. The number of carbonyl (C=O) groups is 1. The van der Waals surface area contributed by atoms with E-state index in [0.717, 1.165) is 17.7 Å². The number of hydrogen-bond donors (Lipinski definition) is 1.